The summed E-state index contributed by atoms with van der Waals surface area (Å²) in [4.78, 5) is 8.18. The minimum Gasteiger partial charge on any atom is -0.481 e. The van der Waals surface area contributed by atoms with Gasteiger partial charge in [0.25, 0.3) is 0 Å². The third-order valence-electron chi connectivity index (χ3n) is 2.88. The molecule has 106 valence electrons. The summed E-state index contributed by atoms with van der Waals surface area (Å²) in [6, 6.07) is 8.83. The zero-order valence-corrected chi connectivity index (χ0v) is 12.1. The second-order valence-corrected chi connectivity index (χ2v) is 4.94. The Bertz CT molecular complexity index is 590. The van der Waals surface area contributed by atoms with E-state index in [0.717, 1.165) is 0 Å². The van der Waals surface area contributed by atoms with Gasteiger partial charge in [-0.25, -0.2) is 4.98 Å². The number of methoxy groups -OCH3 is 1. The van der Waals surface area contributed by atoms with E-state index in [9.17, 15) is 5.11 Å². The average molecular weight is 294 g/mol. The van der Waals surface area contributed by atoms with Crippen LogP contribution in [0, 0.1) is 0 Å². The van der Waals surface area contributed by atoms with E-state index in [0.29, 0.717) is 22.4 Å². The molecule has 0 aliphatic carbocycles. The lowest BCUT2D eigenvalue weighted by Crippen LogP contribution is -2.31. The molecular weight excluding hydrogens is 278 g/mol. The van der Waals surface area contributed by atoms with Crippen LogP contribution < -0.4 is 10.1 Å². The van der Waals surface area contributed by atoms with Gasteiger partial charge in [0.15, 0.2) is 0 Å². The van der Waals surface area contributed by atoms with Crippen molar-refractivity contribution in [3.8, 4) is 5.88 Å². The van der Waals surface area contributed by atoms with Crippen molar-refractivity contribution in [3.05, 3.63) is 47.1 Å². The molecule has 0 radical (unpaired) electrons. The Balaban J connectivity index is 2.11. The second kappa shape index (κ2) is 6.07. The minimum absolute atomic E-state index is 0.226. The standard InChI is InChI=1S/C14H16ClN3O2/c1-14(19,10-5-3-4-6-11(10)15)9-17-13-16-8-7-12(18-13)20-2/h3-8,19H,9H2,1-2H3,(H,16,17,18). The lowest BCUT2D eigenvalue weighted by molar-refractivity contribution is 0.0714. The molecule has 6 heteroatoms. The molecule has 0 aliphatic heterocycles. The molecule has 0 amide bonds. The molecule has 0 fully saturated rings. The molecule has 0 saturated heterocycles. The SMILES string of the molecule is COc1ccnc(NCC(C)(O)c2ccccc2Cl)n1. The van der Waals surface area contributed by atoms with Crippen LogP contribution in [0.15, 0.2) is 36.5 Å². The first-order valence-electron chi connectivity index (χ1n) is 6.11. The Morgan fingerprint density at radius 1 is 1.35 bits per heavy atom. The maximum absolute atomic E-state index is 10.5. The summed E-state index contributed by atoms with van der Waals surface area (Å²) in [5.41, 5.74) is -0.484. The van der Waals surface area contributed by atoms with Crippen molar-refractivity contribution >= 4 is 17.5 Å². The number of halogens is 1. The number of aliphatic hydroxyl groups is 1. The quantitative estimate of drug-likeness (QED) is 0.886. The number of benzene rings is 1. The van der Waals surface area contributed by atoms with Crippen LogP contribution in [0.4, 0.5) is 5.95 Å². The number of anilines is 1. The Hall–Kier alpha value is -1.85. The predicted molar refractivity (Wildman–Crippen MR) is 78.1 cm³/mol. The number of nitrogens with zero attached hydrogens (tertiary/aromatic N) is 2. The van der Waals surface area contributed by atoms with E-state index in [1.165, 1.54) is 7.11 Å². The number of ether oxygens (including phenoxy) is 1. The van der Waals surface area contributed by atoms with Gasteiger partial charge in [-0.15, -0.1) is 0 Å². The van der Waals surface area contributed by atoms with Crippen LogP contribution in [-0.2, 0) is 5.60 Å². The van der Waals surface area contributed by atoms with Crippen LogP contribution in [0.1, 0.15) is 12.5 Å². The van der Waals surface area contributed by atoms with Crippen molar-refractivity contribution in [2.75, 3.05) is 19.0 Å². The van der Waals surface area contributed by atoms with E-state index >= 15 is 0 Å². The molecule has 1 atom stereocenters. The third kappa shape index (κ3) is 3.37. The van der Waals surface area contributed by atoms with E-state index in [-0.39, 0.29) is 6.54 Å². The summed E-state index contributed by atoms with van der Waals surface area (Å²) in [6.45, 7) is 1.91. The smallest absolute Gasteiger partial charge is 0.226 e. The zero-order valence-electron chi connectivity index (χ0n) is 11.3. The van der Waals surface area contributed by atoms with Crippen molar-refractivity contribution in [1.29, 1.82) is 0 Å². The van der Waals surface area contributed by atoms with Crippen molar-refractivity contribution in [2.24, 2.45) is 0 Å². The molecule has 0 bridgehead atoms. The highest BCUT2D eigenvalue weighted by molar-refractivity contribution is 6.31. The molecule has 5 nitrogen and oxygen atoms in total. The van der Waals surface area contributed by atoms with Gasteiger partial charge in [-0.3, -0.25) is 0 Å². The largest absolute Gasteiger partial charge is 0.481 e. The molecule has 0 spiro atoms. The molecule has 2 N–H and O–H groups in total. The van der Waals surface area contributed by atoms with Gasteiger partial charge in [0.05, 0.1) is 13.7 Å². The van der Waals surface area contributed by atoms with E-state index in [2.05, 4.69) is 15.3 Å². The van der Waals surface area contributed by atoms with Gasteiger partial charge in [-0.05, 0) is 13.0 Å². The summed E-state index contributed by atoms with van der Waals surface area (Å²) in [6.07, 6.45) is 1.58. The van der Waals surface area contributed by atoms with Crippen molar-refractivity contribution < 1.29 is 9.84 Å². The molecule has 1 heterocycles. The summed E-state index contributed by atoms with van der Waals surface area (Å²) in [5.74, 6) is 0.844. The lowest BCUT2D eigenvalue weighted by atomic mass is 9.96. The van der Waals surface area contributed by atoms with Gasteiger partial charge in [0.1, 0.15) is 5.60 Å². The van der Waals surface area contributed by atoms with Crippen LogP contribution in [0.5, 0.6) is 5.88 Å². The second-order valence-electron chi connectivity index (χ2n) is 4.53. The maximum Gasteiger partial charge on any atom is 0.226 e. The van der Waals surface area contributed by atoms with E-state index in [1.54, 1.807) is 31.3 Å². The van der Waals surface area contributed by atoms with Crippen LogP contribution in [0.2, 0.25) is 5.02 Å². The topological polar surface area (TPSA) is 67.3 Å². The fourth-order valence-corrected chi connectivity index (χ4v) is 2.12. The number of nitrogens with one attached hydrogen (secondary N) is 1. The van der Waals surface area contributed by atoms with Gasteiger partial charge >= 0.3 is 0 Å². The Kier molecular flexibility index (Phi) is 4.42. The van der Waals surface area contributed by atoms with Gasteiger partial charge in [0, 0.05) is 22.8 Å². The first-order valence-corrected chi connectivity index (χ1v) is 6.49. The Morgan fingerprint density at radius 3 is 2.80 bits per heavy atom. The molecule has 0 aliphatic rings. The van der Waals surface area contributed by atoms with Crippen molar-refractivity contribution in [2.45, 2.75) is 12.5 Å². The highest BCUT2D eigenvalue weighted by atomic mass is 35.5. The van der Waals surface area contributed by atoms with E-state index in [4.69, 9.17) is 16.3 Å². The lowest BCUT2D eigenvalue weighted by Gasteiger charge is -2.25. The van der Waals surface area contributed by atoms with Crippen LogP contribution in [0.25, 0.3) is 0 Å². The number of aromatic nitrogens is 2. The molecule has 2 rings (SSSR count). The zero-order chi connectivity index (χ0) is 14.6. The Morgan fingerprint density at radius 2 is 2.10 bits per heavy atom. The van der Waals surface area contributed by atoms with Crippen molar-refractivity contribution in [3.63, 3.8) is 0 Å². The van der Waals surface area contributed by atoms with Gasteiger partial charge in [-0.2, -0.15) is 4.98 Å². The highest BCUT2D eigenvalue weighted by Gasteiger charge is 2.25. The third-order valence-corrected chi connectivity index (χ3v) is 3.21. The highest BCUT2D eigenvalue weighted by Crippen LogP contribution is 2.27. The number of hydrogen-bond donors (Lipinski definition) is 2. The Labute approximate surface area is 122 Å². The van der Waals surface area contributed by atoms with Gasteiger partial charge in [0.2, 0.25) is 11.8 Å². The molecule has 1 unspecified atom stereocenters. The van der Waals surface area contributed by atoms with Gasteiger partial charge < -0.3 is 15.2 Å². The van der Waals surface area contributed by atoms with Crippen LogP contribution >= 0.6 is 11.6 Å². The first-order chi connectivity index (χ1) is 9.53. The van der Waals surface area contributed by atoms with E-state index in [1.807, 2.05) is 12.1 Å². The van der Waals surface area contributed by atoms with Crippen LogP contribution in [0.3, 0.4) is 0 Å². The summed E-state index contributed by atoms with van der Waals surface area (Å²) in [5, 5.41) is 14.0. The molecule has 1 aromatic heterocycles. The molecule has 20 heavy (non-hydrogen) atoms. The summed E-state index contributed by atoms with van der Waals surface area (Å²) >= 11 is 6.10. The maximum atomic E-state index is 10.5. The fourth-order valence-electron chi connectivity index (χ4n) is 1.79. The van der Waals surface area contributed by atoms with Crippen molar-refractivity contribution in [1.82, 2.24) is 9.97 Å². The normalized spacial score (nSPS) is 13.6. The number of rotatable bonds is 5. The molecule has 0 saturated carbocycles. The van der Waals surface area contributed by atoms with E-state index < -0.39 is 5.60 Å². The fraction of sp³-hybridized carbons (Fsp3) is 0.286. The first kappa shape index (κ1) is 14.6. The minimum atomic E-state index is -1.13. The summed E-state index contributed by atoms with van der Waals surface area (Å²) in [7, 11) is 1.53. The molecular formula is C14H16ClN3O2. The molecule has 1 aromatic carbocycles. The summed E-state index contributed by atoms with van der Waals surface area (Å²) < 4.78 is 5.02. The molecule has 2 aromatic rings. The monoisotopic (exact) mass is 293 g/mol. The van der Waals surface area contributed by atoms with Crippen LogP contribution in [-0.4, -0.2) is 28.7 Å². The van der Waals surface area contributed by atoms with Gasteiger partial charge in [-0.1, -0.05) is 29.8 Å². The average Bonchev–Trinajstić information content (AvgIpc) is 2.46. The number of hydrogen-bond acceptors (Lipinski definition) is 5. The predicted octanol–water partition coefficient (Wildman–Crippen LogP) is 2.46.